The molecule has 0 radical (unpaired) electrons. The van der Waals surface area contributed by atoms with E-state index in [1.807, 2.05) is 44.0 Å². The molecule has 2 rings (SSSR count). The average Bonchev–Trinajstić information content (AvgIpc) is 2.97. The molecule has 0 aliphatic heterocycles. The summed E-state index contributed by atoms with van der Waals surface area (Å²) in [4.78, 5) is 12.2. The fourth-order valence-electron chi connectivity index (χ4n) is 2.71. The van der Waals surface area contributed by atoms with Gasteiger partial charge in [-0.1, -0.05) is 6.92 Å². The van der Waals surface area contributed by atoms with Crippen LogP contribution in [0.3, 0.4) is 0 Å². The van der Waals surface area contributed by atoms with Crippen molar-refractivity contribution in [2.75, 3.05) is 6.54 Å². The van der Waals surface area contributed by atoms with Crippen molar-refractivity contribution < 1.29 is 4.79 Å². The summed E-state index contributed by atoms with van der Waals surface area (Å²) in [7, 11) is 0. The SMILES string of the molecule is Cc1cc(C)n(CCCNC(=O)C(C)Cn2nc(C)c(Br)c2C)n1. The molecule has 0 saturated carbocycles. The largest absolute Gasteiger partial charge is 0.356 e. The highest BCUT2D eigenvalue weighted by Gasteiger charge is 2.16. The van der Waals surface area contributed by atoms with Gasteiger partial charge in [0.25, 0.3) is 0 Å². The van der Waals surface area contributed by atoms with E-state index in [1.165, 1.54) is 0 Å². The van der Waals surface area contributed by atoms with Gasteiger partial charge in [0.2, 0.25) is 5.91 Å². The minimum absolute atomic E-state index is 0.0621. The molecule has 132 valence electrons. The summed E-state index contributed by atoms with van der Waals surface area (Å²) in [6.07, 6.45) is 0.867. The molecular formula is C17H26BrN5O. The zero-order chi connectivity index (χ0) is 17.9. The van der Waals surface area contributed by atoms with Crippen molar-refractivity contribution in [3.8, 4) is 0 Å². The molecule has 0 fully saturated rings. The van der Waals surface area contributed by atoms with E-state index in [9.17, 15) is 4.79 Å². The van der Waals surface area contributed by atoms with E-state index in [2.05, 4.69) is 37.5 Å². The van der Waals surface area contributed by atoms with E-state index in [0.29, 0.717) is 13.1 Å². The molecule has 2 aromatic heterocycles. The molecule has 1 N–H and O–H groups in total. The predicted octanol–water partition coefficient (Wildman–Crippen LogP) is 2.92. The smallest absolute Gasteiger partial charge is 0.224 e. The second kappa shape index (κ2) is 7.96. The van der Waals surface area contributed by atoms with Crippen molar-refractivity contribution in [3.63, 3.8) is 0 Å². The maximum absolute atomic E-state index is 12.2. The second-order valence-corrected chi connectivity index (χ2v) is 7.16. The second-order valence-electron chi connectivity index (χ2n) is 6.36. The summed E-state index contributed by atoms with van der Waals surface area (Å²) >= 11 is 3.52. The third-order valence-electron chi connectivity index (χ3n) is 4.14. The minimum atomic E-state index is -0.122. The van der Waals surface area contributed by atoms with Gasteiger partial charge in [0.1, 0.15) is 0 Å². The summed E-state index contributed by atoms with van der Waals surface area (Å²) in [5, 5.41) is 11.9. The van der Waals surface area contributed by atoms with Gasteiger partial charge in [-0.2, -0.15) is 10.2 Å². The molecule has 0 saturated heterocycles. The minimum Gasteiger partial charge on any atom is -0.356 e. The van der Waals surface area contributed by atoms with Gasteiger partial charge in [-0.25, -0.2) is 0 Å². The summed E-state index contributed by atoms with van der Waals surface area (Å²) in [6, 6.07) is 2.06. The third kappa shape index (κ3) is 4.47. The molecule has 0 bridgehead atoms. The number of carbonyl (C=O) groups excluding carboxylic acids is 1. The first kappa shape index (κ1) is 18.7. The van der Waals surface area contributed by atoms with Gasteiger partial charge in [-0.05, 0) is 56.1 Å². The number of aryl methyl sites for hydroxylation is 4. The summed E-state index contributed by atoms with van der Waals surface area (Å²) in [5.74, 6) is -0.0596. The van der Waals surface area contributed by atoms with Crippen LogP contribution < -0.4 is 5.32 Å². The predicted molar refractivity (Wildman–Crippen MR) is 97.9 cm³/mol. The van der Waals surface area contributed by atoms with Gasteiger partial charge < -0.3 is 5.32 Å². The van der Waals surface area contributed by atoms with E-state index < -0.39 is 0 Å². The molecule has 2 aromatic rings. The Morgan fingerprint density at radius 1 is 1.25 bits per heavy atom. The molecule has 1 atom stereocenters. The highest BCUT2D eigenvalue weighted by molar-refractivity contribution is 9.10. The molecule has 0 spiro atoms. The van der Waals surface area contributed by atoms with Crippen LogP contribution in [0.25, 0.3) is 0 Å². The third-order valence-corrected chi connectivity index (χ3v) is 5.28. The first-order valence-electron chi connectivity index (χ1n) is 8.28. The zero-order valence-electron chi connectivity index (χ0n) is 15.1. The van der Waals surface area contributed by atoms with Gasteiger partial charge in [-0.15, -0.1) is 0 Å². The van der Waals surface area contributed by atoms with Crippen molar-refractivity contribution >= 4 is 21.8 Å². The van der Waals surface area contributed by atoms with Crippen LogP contribution in [0.5, 0.6) is 0 Å². The monoisotopic (exact) mass is 395 g/mol. The lowest BCUT2D eigenvalue weighted by atomic mass is 10.1. The lowest BCUT2D eigenvalue weighted by Crippen LogP contribution is -2.33. The van der Waals surface area contributed by atoms with E-state index in [4.69, 9.17) is 0 Å². The fourth-order valence-corrected chi connectivity index (χ4v) is 3.00. The van der Waals surface area contributed by atoms with Crippen molar-refractivity contribution in [2.24, 2.45) is 5.92 Å². The molecule has 1 amide bonds. The van der Waals surface area contributed by atoms with Crippen LogP contribution in [-0.2, 0) is 17.9 Å². The Morgan fingerprint density at radius 2 is 1.96 bits per heavy atom. The standard InChI is InChI=1S/C17H26BrN5O/c1-11(10-23-15(5)16(18)14(4)21-23)17(24)19-7-6-8-22-13(3)9-12(2)20-22/h9,11H,6-8,10H2,1-5H3,(H,19,24). The topological polar surface area (TPSA) is 64.7 Å². The van der Waals surface area contributed by atoms with Gasteiger partial charge >= 0.3 is 0 Å². The van der Waals surface area contributed by atoms with Crippen LogP contribution in [0.1, 0.15) is 36.1 Å². The summed E-state index contributed by atoms with van der Waals surface area (Å²) in [6.45, 7) is 12.0. The van der Waals surface area contributed by atoms with Crippen molar-refractivity contribution in [1.82, 2.24) is 24.9 Å². The molecule has 2 heterocycles. The lowest BCUT2D eigenvalue weighted by molar-refractivity contribution is -0.124. The Labute approximate surface area is 151 Å². The number of rotatable bonds is 7. The highest BCUT2D eigenvalue weighted by atomic mass is 79.9. The number of amides is 1. The van der Waals surface area contributed by atoms with Crippen LogP contribution >= 0.6 is 15.9 Å². The Morgan fingerprint density at radius 3 is 2.50 bits per heavy atom. The van der Waals surface area contributed by atoms with Crippen molar-refractivity contribution in [3.05, 3.63) is 33.3 Å². The van der Waals surface area contributed by atoms with Crippen LogP contribution in [0.2, 0.25) is 0 Å². The van der Waals surface area contributed by atoms with Gasteiger partial charge in [0.05, 0.1) is 28.3 Å². The average molecular weight is 396 g/mol. The molecule has 6 nitrogen and oxygen atoms in total. The molecule has 1 unspecified atom stereocenters. The molecule has 24 heavy (non-hydrogen) atoms. The Hall–Kier alpha value is -1.63. The van der Waals surface area contributed by atoms with E-state index >= 15 is 0 Å². The van der Waals surface area contributed by atoms with Crippen LogP contribution in [0, 0.1) is 33.6 Å². The number of hydrogen-bond donors (Lipinski definition) is 1. The highest BCUT2D eigenvalue weighted by Crippen LogP contribution is 2.20. The lowest BCUT2D eigenvalue weighted by Gasteiger charge is -2.13. The Balaban J connectivity index is 1.77. The van der Waals surface area contributed by atoms with Crippen LogP contribution in [-0.4, -0.2) is 32.0 Å². The summed E-state index contributed by atoms with van der Waals surface area (Å²) < 4.78 is 4.89. The van der Waals surface area contributed by atoms with Gasteiger partial charge in [-0.3, -0.25) is 14.2 Å². The summed E-state index contributed by atoms with van der Waals surface area (Å²) in [5.41, 5.74) is 4.19. The number of halogens is 1. The molecule has 7 heteroatoms. The Bertz CT molecular complexity index is 719. The first-order chi connectivity index (χ1) is 11.3. The number of hydrogen-bond acceptors (Lipinski definition) is 3. The maximum atomic E-state index is 12.2. The normalized spacial score (nSPS) is 12.4. The molecule has 0 aliphatic rings. The van der Waals surface area contributed by atoms with E-state index in [-0.39, 0.29) is 11.8 Å². The van der Waals surface area contributed by atoms with E-state index in [0.717, 1.165) is 40.2 Å². The zero-order valence-corrected chi connectivity index (χ0v) is 16.6. The quantitative estimate of drug-likeness (QED) is 0.732. The van der Waals surface area contributed by atoms with Crippen molar-refractivity contribution in [2.45, 2.75) is 54.1 Å². The first-order valence-corrected chi connectivity index (χ1v) is 9.07. The fraction of sp³-hybridized carbons (Fsp3) is 0.588. The van der Waals surface area contributed by atoms with Gasteiger partial charge in [0.15, 0.2) is 0 Å². The number of carbonyl (C=O) groups is 1. The number of nitrogens with zero attached hydrogens (tertiary/aromatic N) is 4. The number of nitrogens with one attached hydrogen (secondary N) is 1. The molecule has 0 aliphatic carbocycles. The van der Waals surface area contributed by atoms with Crippen LogP contribution in [0.4, 0.5) is 0 Å². The van der Waals surface area contributed by atoms with Crippen LogP contribution in [0.15, 0.2) is 10.5 Å². The van der Waals surface area contributed by atoms with Gasteiger partial charge in [0, 0.05) is 24.5 Å². The maximum Gasteiger partial charge on any atom is 0.224 e. The molecule has 0 aromatic carbocycles. The van der Waals surface area contributed by atoms with E-state index in [1.54, 1.807) is 0 Å². The number of aromatic nitrogens is 4. The Kier molecular flexibility index (Phi) is 6.21. The molecular weight excluding hydrogens is 370 g/mol. The van der Waals surface area contributed by atoms with Crippen molar-refractivity contribution in [1.29, 1.82) is 0 Å².